The summed E-state index contributed by atoms with van der Waals surface area (Å²) in [6.07, 6.45) is 2.19. The number of amides is 1. The number of thiophene rings is 1. The van der Waals surface area contributed by atoms with E-state index in [-0.39, 0.29) is 11.3 Å². The molecule has 3 aromatic rings. The van der Waals surface area contributed by atoms with Gasteiger partial charge in [-0.05, 0) is 79.3 Å². The summed E-state index contributed by atoms with van der Waals surface area (Å²) < 4.78 is 7.91. The summed E-state index contributed by atoms with van der Waals surface area (Å²) in [5.74, 6) is 0.835. The van der Waals surface area contributed by atoms with Gasteiger partial charge in [0.05, 0.1) is 18.4 Å². The summed E-state index contributed by atoms with van der Waals surface area (Å²) in [7, 11) is 1.70. The molecule has 0 atom stereocenters. The van der Waals surface area contributed by atoms with Crippen LogP contribution in [-0.2, 0) is 19.4 Å². The van der Waals surface area contributed by atoms with Gasteiger partial charge in [-0.1, -0.05) is 26.8 Å². The summed E-state index contributed by atoms with van der Waals surface area (Å²) in [4.78, 5) is 14.4. The summed E-state index contributed by atoms with van der Waals surface area (Å²) in [6.45, 7) is 11.4. The first kappa shape index (κ1) is 24.6. The lowest BCUT2D eigenvalue weighted by molar-refractivity contribution is 0.0712. The molecule has 34 heavy (non-hydrogen) atoms. The highest BCUT2D eigenvalue weighted by molar-refractivity contribution is 7.13. The van der Waals surface area contributed by atoms with Crippen molar-refractivity contribution in [2.75, 3.05) is 13.7 Å². The van der Waals surface area contributed by atoms with E-state index in [9.17, 15) is 9.90 Å². The van der Waals surface area contributed by atoms with Crippen molar-refractivity contribution in [2.45, 2.75) is 66.0 Å². The smallest absolute Gasteiger partial charge is 0.267 e. The molecule has 0 aliphatic carbocycles. The molecule has 4 rings (SSSR count). The van der Waals surface area contributed by atoms with Crippen molar-refractivity contribution in [1.29, 1.82) is 0 Å². The van der Waals surface area contributed by atoms with E-state index < -0.39 is 5.60 Å². The van der Waals surface area contributed by atoms with Crippen LogP contribution in [0.2, 0.25) is 0 Å². The minimum Gasteiger partial charge on any atom is -0.496 e. The van der Waals surface area contributed by atoms with Gasteiger partial charge >= 0.3 is 0 Å². The van der Waals surface area contributed by atoms with Crippen LogP contribution in [-0.4, -0.2) is 34.8 Å². The molecule has 0 spiro atoms. The van der Waals surface area contributed by atoms with Gasteiger partial charge < -0.3 is 19.7 Å². The van der Waals surface area contributed by atoms with E-state index in [1.165, 1.54) is 5.56 Å². The molecule has 5 nitrogen and oxygen atoms in total. The number of aromatic nitrogens is 1. The van der Waals surface area contributed by atoms with Crippen LogP contribution in [0.3, 0.4) is 0 Å². The number of hydrogen-bond donors (Lipinski definition) is 2. The number of rotatable bonds is 7. The van der Waals surface area contributed by atoms with E-state index in [0.717, 1.165) is 46.0 Å². The zero-order chi connectivity index (χ0) is 24.7. The summed E-state index contributed by atoms with van der Waals surface area (Å²) in [5.41, 5.74) is 5.62. The van der Waals surface area contributed by atoms with Crippen molar-refractivity contribution in [2.24, 2.45) is 5.41 Å². The lowest BCUT2D eigenvalue weighted by atomic mass is 9.90. The molecule has 0 bridgehead atoms. The standard InChI is InChI=1S/C28H36N2O3S/c1-27(2,3)17-29-26(31)22-16-21(24-8-7-13-34-24)25-20-14-19(9-11-28(4,5)32)23(33-6)15-18(20)10-12-30(22)25/h7-8,13-16,32H,9-12,17H2,1-6H3,(H,29,31). The fourth-order valence-electron chi connectivity index (χ4n) is 4.47. The lowest BCUT2D eigenvalue weighted by Gasteiger charge is -2.25. The predicted octanol–water partition coefficient (Wildman–Crippen LogP) is 5.93. The first-order valence-electron chi connectivity index (χ1n) is 11.9. The third kappa shape index (κ3) is 5.23. The molecular formula is C28H36N2O3S. The Kier molecular flexibility index (Phi) is 6.67. The van der Waals surface area contributed by atoms with Crippen LogP contribution in [0, 0.1) is 5.41 Å². The van der Waals surface area contributed by atoms with Crippen molar-refractivity contribution in [3.63, 3.8) is 0 Å². The molecule has 3 heterocycles. The largest absolute Gasteiger partial charge is 0.496 e. The van der Waals surface area contributed by atoms with Crippen LogP contribution >= 0.6 is 11.3 Å². The van der Waals surface area contributed by atoms with E-state index in [2.05, 4.69) is 66.4 Å². The molecule has 0 fully saturated rings. The van der Waals surface area contributed by atoms with Gasteiger partial charge in [0.25, 0.3) is 5.91 Å². The van der Waals surface area contributed by atoms with E-state index in [0.29, 0.717) is 25.1 Å². The highest BCUT2D eigenvalue weighted by Crippen LogP contribution is 2.43. The number of benzene rings is 1. The van der Waals surface area contributed by atoms with Crippen LogP contribution in [0.1, 0.15) is 62.7 Å². The number of nitrogens with one attached hydrogen (secondary N) is 1. The van der Waals surface area contributed by atoms with Crippen LogP contribution in [0.4, 0.5) is 0 Å². The first-order chi connectivity index (χ1) is 16.0. The Balaban J connectivity index is 1.83. The maximum Gasteiger partial charge on any atom is 0.267 e. The fraction of sp³-hybridized carbons (Fsp3) is 0.464. The predicted molar refractivity (Wildman–Crippen MR) is 140 cm³/mol. The molecule has 0 saturated carbocycles. The Morgan fingerprint density at radius 3 is 2.56 bits per heavy atom. The van der Waals surface area contributed by atoms with Gasteiger partial charge in [0.1, 0.15) is 11.4 Å². The van der Waals surface area contributed by atoms with Gasteiger partial charge in [0.2, 0.25) is 0 Å². The minimum absolute atomic E-state index is 0.0160. The number of carbonyl (C=O) groups excluding carboxylic acids is 1. The lowest BCUT2D eigenvalue weighted by Crippen LogP contribution is -2.33. The highest BCUT2D eigenvalue weighted by Gasteiger charge is 2.29. The Hall–Kier alpha value is -2.57. The summed E-state index contributed by atoms with van der Waals surface area (Å²) in [6, 6.07) is 10.6. The van der Waals surface area contributed by atoms with Crippen molar-refractivity contribution in [3.05, 3.63) is 52.5 Å². The number of carbonyl (C=O) groups is 1. The number of nitrogens with zero attached hydrogens (tertiary/aromatic N) is 1. The third-order valence-electron chi connectivity index (χ3n) is 6.27. The molecule has 2 aromatic heterocycles. The molecule has 1 aromatic carbocycles. The number of hydrogen-bond acceptors (Lipinski definition) is 4. The quantitative estimate of drug-likeness (QED) is 0.441. The average Bonchev–Trinajstić information content (AvgIpc) is 3.42. The van der Waals surface area contributed by atoms with Gasteiger partial charge in [0, 0.05) is 29.1 Å². The van der Waals surface area contributed by atoms with Gasteiger partial charge in [-0.3, -0.25) is 4.79 Å². The highest BCUT2D eigenvalue weighted by atomic mass is 32.1. The Morgan fingerprint density at radius 2 is 1.94 bits per heavy atom. The van der Waals surface area contributed by atoms with Gasteiger partial charge in [-0.15, -0.1) is 11.3 Å². The van der Waals surface area contributed by atoms with Crippen molar-refractivity contribution in [1.82, 2.24) is 9.88 Å². The normalized spacial score (nSPS) is 13.4. The number of fused-ring (bicyclic) bond motifs is 3. The van der Waals surface area contributed by atoms with E-state index in [1.807, 2.05) is 13.8 Å². The van der Waals surface area contributed by atoms with Crippen LogP contribution in [0.15, 0.2) is 35.7 Å². The van der Waals surface area contributed by atoms with Crippen molar-refractivity contribution >= 4 is 17.2 Å². The molecule has 1 amide bonds. The van der Waals surface area contributed by atoms with Crippen LogP contribution in [0.25, 0.3) is 21.7 Å². The second-order valence-electron chi connectivity index (χ2n) is 11.0. The molecule has 6 heteroatoms. The Labute approximate surface area is 206 Å². The second kappa shape index (κ2) is 9.23. The molecule has 0 unspecified atom stereocenters. The molecule has 182 valence electrons. The molecule has 0 saturated heterocycles. The van der Waals surface area contributed by atoms with Crippen molar-refractivity contribution in [3.8, 4) is 27.4 Å². The number of aryl methyl sites for hydroxylation is 2. The minimum atomic E-state index is -0.748. The zero-order valence-corrected chi connectivity index (χ0v) is 21.9. The first-order valence-corrected chi connectivity index (χ1v) is 12.8. The van der Waals surface area contributed by atoms with E-state index in [1.54, 1.807) is 18.4 Å². The molecule has 0 radical (unpaired) electrons. The molecule has 1 aliphatic rings. The van der Waals surface area contributed by atoms with E-state index >= 15 is 0 Å². The average molecular weight is 481 g/mol. The van der Waals surface area contributed by atoms with Crippen molar-refractivity contribution < 1.29 is 14.6 Å². The summed E-state index contributed by atoms with van der Waals surface area (Å²) >= 11 is 1.69. The molecule has 1 aliphatic heterocycles. The number of methoxy groups -OCH3 is 1. The Morgan fingerprint density at radius 1 is 1.18 bits per heavy atom. The SMILES string of the molecule is COc1cc2c(cc1CCC(C)(C)O)-c1c(-c3cccs3)cc(C(=O)NCC(C)(C)C)n1CC2. The second-order valence-corrected chi connectivity index (χ2v) is 12.0. The van der Waals surface area contributed by atoms with Gasteiger partial charge in [-0.25, -0.2) is 0 Å². The zero-order valence-electron chi connectivity index (χ0n) is 21.1. The summed E-state index contributed by atoms with van der Waals surface area (Å²) in [5, 5.41) is 15.5. The monoisotopic (exact) mass is 480 g/mol. The van der Waals surface area contributed by atoms with Crippen LogP contribution in [0.5, 0.6) is 5.75 Å². The molecular weight excluding hydrogens is 444 g/mol. The maximum absolute atomic E-state index is 13.3. The van der Waals surface area contributed by atoms with E-state index in [4.69, 9.17) is 4.74 Å². The maximum atomic E-state index is 13.3. The Bertz CT molecular complexity index is 1180. The number of ether oxygens (including phenoxy) is 1. The van der Waals surface area contributed by atoms with Crippen LogP contribution < -0.4 is 10.1 Å². The fourth-order valence-corrected chi connectivity index (χ4v) is 5.21. The third-order valence-corrected chi connectivity index (χ3v) is 7.17. The van der Waals surface area contributed by atoms with Gasteiger partial charge in [-0.2, -0.15) is 0 Å². The molecule has 2 N–H and O–H groups in total. The van der Waals surface area contributed by atoms with Gasteiger partial charge in [0.15, 0.2) is 0 Å². The topological polar surface area (TPSA) is 63.5 Å². The number of aliphatic hydroxyl groups is 1.